The van der Waals surface area contributed by atoms with Gasteiger partial charge < -0.3 is 29.1 Å². The maximum atomic E-state index is 14.4. The van der Waals surface area contributed by atoms with Crippen LogP contribution in [0.2, 0.25) is 0 Å². The highest BCUT2D eigenvalue weighted by molar-refractivity contribution is 7.92. The molecule has 13 nitrogen and oxygen atoms in total. The predicted molar refractivity (Wildman–Crippen MR) is 183 cm³/mol. The number of aromatic nitrogens is 1. The second-order valence-electron chi connectivity index (χ2n) is 13.0. The van der Waals surface area contributed by atoms with Crippen molar-refractivity contribution in [1.82, 2.24) is 15.0 Å². The second-order valence-corrected chi connectivity index (χ2v) is 14.6. The van der Waals surface area contributed by atoms with Gasteiger partial charge in [-0.05, 0) is 89.9 Å². The molecule has 0 bridgehead atoms. The van der Waals surface area contributed by atoms with Gasteiger partial charge in [-0.3, -0.25) is 14.4 Å². The minimum absolute atomic E-state index is 0.0681. The number of likely N-dealkylation sites (N-methyl/N-ethyl adjacent to an activating group) is 1. The topological polar surface area (TPSA) is 172 Å². The summed E-state index contributed by atoms with van der Waals surface area (Å²) >= 11 is 0. The lowest BCUT2D eigenvalue weighted by atomic mass is 10.0. The third-order valence-corrected chi connectivity index (χ3v) is 10.3. The maximum Gasteiger partial charge on any atom is 0.335 e. The summed E-state index contributed by atoms with van der Waals surface area (Å²) < 4.78 is 46.9. The average Bonchev–Trinajstić information content (AvgIpc) is 3.40. The van der Waals surface area contributed by atoms with Gasteiger partial charge in [0.2, 0.25) is 0 Å². The lowest BCUT2D eigenvalue weighted by Gasteiger charge is -2.36. The third kappa shape index (κ3) is 9.81. The molecule has 0 fully saturated rings. The Kier molecular flexibility index (Phi) is 12.8. The van der Waals surface area contributed by atoms with Crippen LogP contribution >= 0.6 is 0 Å². The van der Waals surface area contributed by atoms with Crippen LogP contribution in [0.4, 0.5) is 5.69 Å². The first kappa shape index (κ1) is 37.8. The van der Waals surface area contributed by atoms with E-state index in [4.69, 9.17) is 14.0 Å². The van der Waals surface area contributed by atoms with Crippen molar-refractivity contribution in [3.05, 3.63) is 70.6 Å². The van der Waals surface area contributed by atoms with Crippen LogP contribution < -0.4 is 9.46 Å². The smallest absolute Gasteiger partial charge is 0.335 e. The van der Waals surface area contributed by atoms with Crippen molar-refractivity contribution in [2.24, 2.45) is 5.92 Å². The molecule has 1 aromatic heterocycles. The highest BCUT2D eigenvalue weighted by Gasteiger charge is 2.31. The minimum Gasteiger partial charge on any atom is -0.490 e. The first-order valence-corrected chi connectivity index (χ1v) is 18.0. The number of ether oxygens (including phenoxy) is 2. The quantitative estimate of drug-likeness (QED) is 0.267. The van der Waals surface area contributed by atoms with Gasteiger partial charge in [-0.1, -0.05) is 24.2 Å². The van der Waals surface area contributed by atoms with Crippen molar-refractivity contribution in [1.29, 1.82) is 0 Å². The van der Waals surface area contributed by atoms with Crippen molar-refractivity contribution in [3.8, 4) is 5.75 Å². The number of nitrogens with one attached hydrogen (secondary N) is 1. The van der Waals surface area contributed by atoms with Gasteiger partial charge in [-0.25, -0.2) is 13.2 Å². The number of aromatic carboxylic acids is 1. The highest BCUT2D eigenvalue weighted by Crippen LogP contribution is 2.30. The van der Waals surface area contributed by atoms with Crippen molar-refractivity contribution >= 4 is 27.6 Å². The fourth-order valence-corrected chi connectivity index (χ4v) is 7.33. The standard InChI is InChI=1S/C35H48N4O9S/c1-22-18-39(23(2)21-40)34(41)30-17-29(37-49(44,45)33-25(4)36-48-26(33)5)14-15-31(30)47-24(3)9-7-8-16-46-32(22)20-38(6)19-27-10-12-28(13-11-27)35(42)43/h10-15,17,22-24,32,37,40H,7-9,16,18-21H2,1-6H3,(H,42,43)/t22-,23+,24-,32+/m1/s1. The Morgan fingerprint density at radius 3 is 2.49 bits per heavy atom. The zero-order valence-corrected chi connectivity index (χ0v) is 29.8. The van der Waals surface area contributed by atoms with Gasteiger partial charge in [0.05, 0.1) is 36.0 Å². The van der Waals surface area contributed by atoms with E-state index in [1.54, 1.807) is 48.2 Å². The van der Waals surface area contributed by atoms with Crippen LogP contribution in [-0.4, -0.2) is 97.1 Å². The number of amides is 1. The summed E-state index contributed by atoms with van der Waals surface area (Å²) in [6.07, 6.45) is 1.84. The van der Waals surface area contributed by atoms with E-state index in [1.807, 2.05) is 20.9 Å². The van der Waals surface area contributed by atoms with Gasteiger partial charge >= 0.3 is 5.97 Å². The zero-order valence-electron chi connectivity index (χ0n) is 29.0. The van der Waals surface area contributed by atoms with Gasteiger partial charge in [0.1, 0.15) is 11.4 Å². The van der Waals surface area contributed by atoms with E-state index in [0.717, 1.165) is 18.4 Å². The molecule has 3 aromatic rings. The molecule has 14 heteroatoms. The molecule has 3 N–H and O–H groups in total. The van der Waals surface area contributed by atoms with E-state index in [0.29, 0.717) is 31.9 Å². The van der Waals surface area contributed by atoms with Crippen LogP contribution in [-0.2, 0) is 21.3 Å². The number of fused-ring (bicyclic) bond motifs is 1. The number of aliphatic hydroxyl groups excluding tert-OH is 1. The maximum absolute atomic E-state index is 14.4. The molecular weight excluding hydrogens is 652 g/mol. The summed E-state index contributed by atoms with van der Waals surface area (Å²) in [5.41, 5.74) is 1.72. The first-order chi connectivity index (χ1) is 23.2. The fourth-order valence-electron chi connectivity index (χ4n) is 5.95. The number of aryl methyl sites for hydroxylation is 2. The van der Waals surface area contributed by atoms with Crippen LogP contribution in [0, 0.1) is 19.8 Å². The number of sulfonamides is 1. The van der Waals surface area contributed by atoms with Crippen molar-refractivity contribution in [3.63, 3.8) is 0 Å². The van der Waals surface area contributed by atoms with Gasteiger partial charge in [-0.15, -0.1) is 0 Å². The number of anilines is 1. The molecule has 4 rings (SSSR count). The summed E-state index contributed by atoms with van der Waals surface area (Å²) in [5.74, 6) is -1.10. The number of carboxylic acid groups (broad SMARTS) is 1. The van der Waals surface area contributed by atoms with Crippen LogP contribution in [0.3, 0.4) is 0 Å². The Bertz CT molecular complexity index is 1670. The molecule has 0 saturated carbocycles. The fraction of sp³-hybridized carbons (Fsp3) is 0.514. The number of carbonyl (C=O) groups is 2. The van der Waals surface area contributed by atoms with Crippen molar-refractivity contribution in [2.75, 3.05) is 38.1 Å². The number of benzene rings is 2. The molecule has 0 saturated heterocycles. The van der Waals surface area contributed by atoms with Crippen LogP contribution in [0.5, 0.6) is 5.75 Å². The Morgan fingerprint density at radius 2 is 1.86 bits per heavy atom. The number of carbonyl (C=O) groups excluding carboxylic acids is 1. The minimum atomic E-state index is -4.09. The lowest BCUT2D eigenvalue weighted by Crippen LogP contribution is -2.47. The number of rotatable bonds is 10. The predicted octanol–water partition coefficient (Wildman–Crippen LogP) is 4.72. The number of hydrogen-bond donors (Lipinski definition) is 3. The molecule has 4 atom stereocenters. The molecule has 49 heavy (non-hydrogen) atoms. The van der Waals surface area contributed by atoms with Gasteiger partial charge in [0, 0.05) is 37.8 Å². The first-order valence-electron chi connectivity index (χ1n) is 16.5. The van der Waals surface area contributed by atoms with E-state index in [9.17, 15) is 28.2 Å². The van der Waals surface area contributed by atoms with Gasteiger partial charge in [0.15, 0.2) is 10.7 Å². The normalized spacial score (nSPS) is 20.3. The number of carboxylic acids is 1. The molecule has 0 spiro atoms. The van der Waals surface area contributed by atoms with E-state index in [1.165, 1.54) is 19.9 Å². The number of aliphatic hydroxyl groups is 1. The van der Waals surface area contributed by atoms with Gasteiger partial charge in [0.25, 0.3) is 15.9 Å². The molecule has 1 aliphatic rings. The monoisotopic (exact) mass is 700 g/mol. The lowest BCUT2D eigenvalue weighted by molar-refractivity contribution is -0.0177. The summed E-state index contributed by atoms with van der Waals surface area (Å²) in [6, 6.07) is 10.8. The van der Waals surface area contributed by atoms with E-state index >= 15 is 0 Å². The van der Waals surface area contributed by atoms with E-state index in [2.05, 4.69) is 14.8 Å². The summed E-state index contributed by atoms with van der Waals surface area (Å²) in [4.78, 5) is 29.3. The molecule has 1 aliphatic heterocycles. The summed E-state index contributed by atoms with van der Waals surface area (Å²) in [6.45, 7) is 10.3. The molecule has 2 heterocycles. The zero-order chi connectivity index (χ0) is 35.9. The molecule has 0 aliphatic carbocycles. The summed E-state index contributed by atoms with van der Waals surface area (Å²) in [5, 5.41) is 23.2. The molecule has 268 valence electrons. The van der Waals surface area contributed by atoms with Crippen LogP contribution in [0.25, 0.3) is 0 Å². The SMILES string of the molecule is Cc1noc(C)c1S(=O)(=O)Nc1ccc2c(c1)C(=O)N([C@@H](C)CO)C[C@@H](C)[C@H](CN(C)Cc1ccc(C(=O)O)cc1)OCCCC[C@@H](C)O2. The molecule has 2 aromatic carbocycles. The van der Waals surface area contributed by atoms with Gasteiger partial charge in [-0.2, -0.15) is 0 Å². The van der Waals surface area contributed by atoms with E-state index < -0.39 is 27.9 Å². The number of hydrogen-bond acceptors (Lipinski definition) is 10. The molecule has 1 amide bonds. The molecule has 0 radical (unpaired) electrons. The average molecular weight is 701 g/mol. The Hall–Kier alpha value is -3.98. The van der Waals surface area contributed by atoms with Crippen LogP contribution in [0.15, 0.2) is 51.9 Å². The van der Waals surface area contributed by atoms with E-state index in [-0.39, 0.29) is 64.4 Å². The summed E-state index contributed by atoms with van der Waals surface area (Å²) in [7, 11) is -2.12. The Morgan fingerprint density at radius 1 is 1.14 bits per heavy atom. The highest BCUT2D eigenvalue weighted by atomic mass is 32.2. The molecule has 0 unspecified atom stereocenters. The van der Waals surface area contributed by atoms with Crippen molar-refractivity contribution < 1.29 is 42.2 Å². The second kappa shape index (κ2) is 16.6. The van der Waals surface area contributed by atoms with Crippen LogP contribution in [0.1, 0.15) is 77.8 Å². The Labute approximate surface area is 288 Å². The number of nitrogens with zero attached hydrogens (tertiary/aromatic N) is 3. The molecular formula is C35H48N4O9S. The third-order valence-electron chi connectivity index (χ3n) is 8.69. The Balaban J connectivity index is 1.63. The largest absolute Gasteiger partial charge is 0.490 e. The van der Waals surface area contributed by atoms with Crippen molar-refractivity contribution in [2.45, 2.75) is 83.6 Å².